The number of anilines is 1. The maximum absolute atomic E-state index is 13.0. The van der Waals surface area contributed by atoms with Crippen molar-refractivity contribution in [1.29, 1.82) is 5.26 Å². The van der Waals surface area contributed by atoms with E-state index in [9.17, 15) is 9.59 Å². The lowest BCUT2D eigenvalue weighted by atomic mass is 10.1. The van der Waals surface area contributed by atoms with Crippen LogP contribution >= 0.6 is 0 Å². The Morgan fingerprint density at radius 2 is 1.65 bits per heavy atom. The lowest BCUT2D eigenvalue weighted by Crippen LogP contribution is -2.28. The standard InChI is InChI=1S/C24H18N4O3/c25-14-15-31-19-12-10-18(11-13-19)26-23(29)22-20-8-4-5-9-21(20)24(30)28(27-22)16-17-6-2-1-3-7-17/h1-13H,15-16H2,(H,26,29). The summed E-state index contributed by atoms with van der Waals surface area (Å²) in [5.74, 6) is 0.100. The smallest absolute Gasteiger partial charge is 0.276 e. The zero-order valence-corrected chi connectivity index (χ0v) is 16.5. The molecule has 152 valence electrons. The molecule has 0 aliphatic rings. The minimum atomic E-state index is -0.427. The van der Waals surface area contributed by atoms with Gasteiger partial charge in [0, 0.05) is 11.1 Å². The molecular weight excluding hydrogens is 392 g/mol. The van der Waals surface area contributed by atoms with Crippen molar-refractivity contribution in [2.45, 2.75) is 6.54 Å². The highest BCUT2D eigenvalue weighted by molar-refractivity contribution is 6.11. The first-order chi connectivity index (χ1) is 15.2. The van der Waals surface area contributed by atoms with E-state index in [1.807, 2.05) is 36.4 Å². The number of nitriles is 1. The Morgan fingerprint density at radius 1 is 0.968 bits per heavy atom. The van der Waals surface area contributed by atoms with Crippen LogP contribution in [0, 0.1) is 11.3 Å². The van der Waals surface area contributed by atoms with E-state index < -0.39 is 5.91 Å². The summed E-state index contributed by atoms with van der Waals surface area (Å²) >= 11 is 0. The molecular formula is C24H18N4O3. The Bertz CT molecular complexity index is 1320. The van der Waals surface area contributed by atoms with Crippen molar-refractivity contribution >= 4 is 22.4 Å². The topological polar surface area (TPSA) is 97.0 Å². The van der Waals surface area contributed by atoms with Gasteiger partial charge in [0.1, 0.15) is 11.8 Å². The van der Waals surface area contributed by atoms with Crippen LogP contribution in [0.25, 0.3) is 10.8 Å². The number of fused-ring (bicyclic) bond motifs is 1. The molecule has 0 fully saturated rings. The minimum Gasteiger partial charge on any atom is -0.479 e. The molecule has 0 radical (unpaired) electrons. The van der Waals surface area contributed by atoms with E-state index in [4.69, 9.17) is 10.00 Å². The maximum atomic E-state index is 13.0. The molecule has 0 spiro atoms. The summed E-state index contributed by atoms with van der Waals surface area (Å²) in [6, 6.07) is 25.0. The first-order valence-corrected chi connectivity index (χ1v) is 9.60. The molecule has 0 saturated heterocycles. The van der Waals surface area contributed by atoms with Gasteiger partial charge in [-0.1, -0.05) is 48.5 Å². The zero-order valence-electron chi connectivity index (χ0n) is 16.5. The fourth-order valence-corrected chi connectivity index (χ4v) is 3.21. The van der Waals surface area contributed by atoms with Crippen LogP contribution in [0.2, 0.25) is 0 Å². The van der Waals surface area contributed by atoms with E-state index in [2.05, 4.69) is 10.4 Å². The van der Waals surface area contributed by atoms with Gasteiger partial charge in [0.05, 0.1) is 11.9 Å². The Kier molecular flexibility index (Phi) is 5.72. The maximum Gasteiger partial charge on any atom is 0.276 e. The number of hydrogen-bond acceptors (Lipinski definition) is 5. The number of hydrogen-bond donors (Lipinski definition) is 1. The minimum absolute atomic E-state index is 0.0510. The number of amides is 1. The quantitative estimate of drug-likeness (QED) is 0.524. The Morgan fingerprint density at radius 3 is 2.35 bits per heavy atom. The van der Waals surface area contributed by atoms with Gasteiger partial charge in [-0.15, -0.1) is 0 Å². The normalized spacial score (nSPS) is 10.4. The molecule has 0 aliphatic heterocycles. The molecule has 1 heterocycles. The van der Waals surface area contributed by atoms with Crippen LogP contribution in [0.15, 0.2) is 83.7 Å². The van der Waals surface area contributed by atoms with E-state index in [0.29, 0.717) is 22.2 Å². The van der Waals surface area contributed by atoms with Crippen molar-refractivity contribution in [2.75, 3.05) is 11.9 Å². The second kappa shape index (κ2) is 8.93. The largest absolute Gasteiger partial charge is 0.479 e. The van der Waals surface area contributed by atoms with Gasteiger partial charge in [-0.3, -0.25) is 9.59 Å². The summed E-state index contributed by atoms with van der Waals surface area (Å²) in [6.07, 6.45) is 0. The van der Waals surface area contributed by atoms with Crippen LogP contribution in [-0.4, -0.2) is 22.3 Å². The molecule has 31 heavy (non-hydrogen) atoms. The molecule has 1 N–H and O–H groups in total. The van der Waals surface area contributed by atoms with Gasteiger partial charge < -0.3 is 10.1 Å². The molecule has 1 amide bonds. The van der Waals surface area contributed by atoms with Crippen LogP contribution < -0.4 is 15.6 Å². The number of nitrogens with zero attached hydrogens (tertiary/aromatic N) is 3. The molecule has 0 aliphatic carbocycles. The Balaban J connectivity index is 1.67. The molecule has 4 rings (SSSR count). The predicted molar refractivity (Wildman–Crippen MR) is 117 cm³/mol. The summed E-state index contributed by atoms with van der Waals surface area (Å²) in [7, 11) is 0. The molecule has 7 heteroatoms. The van der Waals surface area contributed by atoms with Crippen LogP contribution in [0.5, 0.6) is 5.75 Å². The monoisotopic (exact) mass is 410 g/mol. The number of benzene rings is 3. The third-order valence-electron chi connectivity index (χ3n) is 4.67. The highest BCUT2D eigenvalue weighted by atomic mass is 16.5. The molecule has 0 unspecified atom stereocenters. The highest BCUT2D eigenvalue weighted by Crippen LogP contribution is 2.19. The first kappa shape index (κ1) is 19.9. The summed E-state index contributed by atoms with van der Waals surface area (Å²) in [6.45, 7) is 0.209. The summed E-state index contributed by atoms with van der Waals surface area (Å²) in [4.78, 5) is 26.0. The molecule has 0 saturated carbocycles. The fourth-order valence-electron chi connectivity index (χ4n) is 3.21. The SMILES string of the molecule is N#CCOc1ccc(NC(=O)c2nn(Cc3ccccc3)c(=O)c3ccccc23)cc1. The molecule has 4 aromatic rings. The van der Waals surface area contributed by atoms with E-state index in [-0.39, 0.29) is 24.4 Å². The second-order valence-corrected chi connectivity index (χ2v) is 6.77. The van der Waals surface area contributed by atoms with E-state index in [1.54, 1.807) is 48.5 Å². The van der Waals surface area contributed by atoms with Gasteiger partial charge in [-0.2, -0.15) is 10.4 Å². The predicted octanol–water partition coefficient (Wildman–Crippen LogP) is 3.60. The lowest BCUT2D eigenvalue weighted by Gasteiger charge is -2.12. The average Bonchev–Trinajstić information content (AvgIpc) is 2.81. The number of aromatic nitrogens is 2. The van der Waals surface area contributed by atoms with E-state index in [1.165, 1.54) is 4.68 Å². The van der Waals surface area contributed by atoms with Crippen LogP contribution in [-0.2, 0) is 6.54 Å². The lowest BCUT2D eigenvalue weighted by molar-refractivity contribution is 0.102. The number of ether oxygens (including phenoxy) is 1. The average molecular weight is 410 g/mol. The van der Waals surface area contributed by atoms with Gasteiger partial charge in [-0.25, -0.2) is 4.68 Å². The molecule has 0 bridgehead atoms. The van der Waals surface area contributed by atoms with Gasteiger partial charge in [0.15, 0.2) is 12.3 Å². The summed E-state index contributed by atoms with van der Waals surface area (Å²) in [5, 5.41) is 16.7. The van der Waals surface area contributed by atoms with Crippen molar-refractivity contribution in [2.24, 2.45) is 0 Å². The number of rotatable bonds is 6. The van der Waals surface area contributed by atoms with Crippen LogP contribution in [0.1, 0.15) is 16.1 Å². The molecule has 0 atom stereocenters. The Labute approximate surface area is 178 Å². The van der Waals surface area contributed by atoms with Crippen molar-refractivity contribution in [1.82, 2.24) is 9.78 Å². The molecule has 7 nitrogen and oxygen atoms in total. The third kappa shape index (κ3) is 4.43. The fraction of sp³-hybridized carbons (Fsp3) is 0.0833. The van der Waals surface area contributed by atoms with Crippen molar-refractivity contribution in [3.63, 3.8) is 0 Å². The number of carbonyl (C=O) groups excluding carboxylic acids is 1. The van der Waals surface area contributed by atoms with E-state index in [0.717, 1.165) is 5.56 Å². The summed E-state index contributed by atoms with van der Waals surface area (Å²) < 4.78 is 6.53. The third-order valence-corrected chi connectivity index (χ3v) is 4.67. The zero-order chi connectivity index (χ0) is 21.6. The molecule has 3 aromatic carbocycles. The van der Waals surface area contributed by atoms with Crippen molar-refractivity contribution in [3.05, 3.63) is 100 Å². The highest BCUT2D eigenvalue weighted by Gasteiger charge is 2.17. The van der Waals surface area contributed by atoms with Gasteiger partial charge in [-0.05, 0) is 35.9 Å². The number of nitrogens with one attached hydrogen (secondary N) is 1. The number of carbonyl (C=O) groups is 1. The summed E-state index contributed by atoms with van der Waals surface area (Å²) in [5.41, 5.74) is 1.36. The Hall–Kier alpha value is -4.44. The first-order valence-electron chi connectivity index (χ1n) is 9.60. The van der Waals surface area contributed by atoms with Gasteiger partial charge in [0.2, 0.25) is 0 Å². The molecule has 1 aromatic heterocycles. The van der Waals surface area contributed by atoms with E-state index >= 15 is 0 Å². The second-order valence-electron chi connectivity index (χ2n) is 6.77. The van der Waals surface area contributed by atoms with Crippen molar-refractivity contribution in [3.8, 4) is 11.8 Å². The van der Waals surface area contributed by atoms with Gasteiger partial charge in [0.25, 0.3) is 11.5 Å². The van der Waals surface area contributed by atoms with Gasteiger partial charge >= 0.3 is 0 Å². The van der Waals surface area contributed by atoms with Crippen LogP contribution in [0.3, 0.4) is 0 Å². The van der Waals surface area contributed by atoms with Crippen LogP contribution in [0.4, 0.5) is 5.69 Å². The van der Waals surface area contributed by atoms with Crippen molar-refractivity contribution < 1.29 is 9.53 Å².